The van der Waals surface area contributed by atoms with Gasteiger partial charge < -0.3 is 5.11 Å². The van der Waals surface area contributed by atoms with Gasteiger partial charge in [-0.2, -0.15) is 5.26 Å². The summed E-state index contributed by atoms with van der Waals surface area (Å²) in [4.78, 5) is 1.24. The Balaban J connectivity index is 2.72. The van der Waals surface area contributed by atoms with Gasteiger partial charge in [-0.25, -0.2) is 17.2 Å². The number of hydrogen-bond acceptors (Lipinski definition) is 5. The van der Waals surface area contributed by atoms with E-state index >= 15 is 0 Å². The lowest BCUT2D eigenvalue weighted by atomic mass is 10.2. The SMILES string of the molecule is N#Cc1ccc(S(=O)(=O)CCN(CCO)CC(F)F)cc1. The molecule has 5 nitrogen and oxygen atoms in total. The molecule has 0 spiro atoms. The van der Waals surface area contributed by atoms with E-state index < -0.39 is 22.8 Å². The van der Waals surface area contributed by atoms with Gasteiger partial charge in [-0.3, -0.25) is 4.90 Å². The second-order valence-electron chi connectivity index (χ2n) is 4.37. The van der Waals surface area contributed by atoms with Crippen LogP contribution in [-0.4, -0.2) is 56.8 Å². The van der Waals surface area contributed by atoms with Crippen LogP contribution in [0.3, 0.4) is 0 Å². The van der Waals surface area contributed by atoms with Crippen molar-refractivity contribution in [3.05, 3.63) is 29.8 Å². The topological polar surface area (TPSA) is 81.4 Å². The van der Waals surface area contributed by atoms with Crippen molar-refractivity contribution < 1.29 is 22.3 Å². The summed E-state index contributed by atoms with van der Waals surface area (Å²) in [6.07, 6.45) is -2.59. The lowest BCUT2D eigenvalue weighted by molar-refractivity contribution is 0.0815. The highest BCUT2D eigenvalue weighted by Gasteiger charge is 2.18. The fourth-order valence-corrected chi connectivity index (χ4v) is 3.02. The van der Waals surface area contributed by atoms with Crippen molar-refractivity contribution in [3.63, 3.8) is 0 Å². The molecule has 0 atom stereocenters. The monoisotopic (exact) mass is 318 g/mol. The van der Waals surface area contributed by atoms with Crippen molar-refractivity contribution >= 4 is 9.84 Å². The van der Waals surface area contributed by atoms with E-state index in [1.54, 1.807) is 0 Å². The molecular weight excluding hydrogens is 302 g/mol. The Morgan fingerprint density at radius 1 is 1.24 bits per heavy atom. The van der Waals surface area contributed by atoms with Gasteiger partial charge in [0.15, 0.2) is 9.84 Å². The molecule has 1 aromatic rings. The zero-order valence-electron chi connectivity index (χ0n) is 11.2. The molecule has 21 heavy (non-hydrogen) atoms. The standard InChI is InChI=1S/C13H16F2N2O3S/c14-13(15)10-17(5-7-18)6-8-21(19,20)12-3-1-11(9-16)2-4-12/h1-4,13,18H,5-8,10H2. The van der Waals surface area contributed by atoms with E-state index in [1.165, 1.54) is 29.2 Å². The Morgan fingerprint density at radius 2 is 1.86 bits per heavy atom. The average Bonchev–Trinajstić information content (AvgIpc) is 2.45. The molecule has 0 amide bonds. The molecule has 116 valence electrons. The van der Waals surface area contributed by atoms with Gasteiger partial charge in [-0.15, -0.1) is 0 Å². The maximum Gasteiger partial charge on any atom is 0.251 e. The number of benzene rings is 1. The number of sulfone groups is 1. The fraction of sp³-hybridized carbons (Fsp3) is 0.462. The summed E-state index contributed by atoms with van der Waals surface area (Å²) in [7, 11) is -3.61. The number of rotatable bonds is 8. The summed E-state index contributed by atoms with van der Waals surface area (Å²) in [5.74, 6) is -0.328. The molecule has 1 aromatic carbocycles. The summed E-state index contributed by atoms with van der Waals surface area (Å²) in [6.45, 7) is -0.993. The van der Waals surface area contributed by atoms with Crippen molar-refractivity contribution in [2.45, 2.75) is 11.3 Å². The van der Waals surface area contributed by atoms with Crippen molar-refractivity contribution in [2.75, 3.05) is 32.0 Å². The van der Waals surface area contributed by atoms with E-state index in [4.69, 9.17) is 10.4 Å². The highest BCUT2D eigenvalue weighted by atomic mass is 32.2. The number of halogens is 2. The van der Waals surface area contributed by atoms with E-state index in [0.717, 1.165) is 0 Å². The van der Waals surface area contributed by atoms with Crippen LogP contribution in [0, 0.1) is 11.3 Å². The maximum atomic E-state index is 12.3. The van der Waals surface area contributed by atoms with Crippen LogP contribution in [0.2, 0.25) is 0 Å². The third kappa shape index (κ3) is 5.75. The van der Waals surface area contributed by atoms with Crippen molar-refractivity contribution in [3.8, 4) is 6.07 Å². The molecular formula is C13H16F2N2O3S. The Hall–Kier alpha value is -1.56. The summed E-state index contributed by atoms with van der Waals surface area (Å²) in [6, 6.07) is 7.29. The first kappa shape index (κ1) is 17.5. The molecule has 0 aliphatic carbocycles. The third-order valence-electron chi connectivity index (χ3n) is 2.83. The minimum Gasteiger partial charge on any atom is -0.395 e. The maximum absolute atomic E-state index is 12.3. The van der Waals surface area contributed by atoms with Gasteiger partial charge >= 0.3 is 0 Å². The predicted molar refractivity (Wildman–Crippen MR) is 72.7 cm³/mol. The molecule has 0 aromatic heterocycles. The van der Waals surface area contributed by atoms with E-state index in [0.29, 0.717) is 5.56 Å². The quantitative estimate of drug-likeness (QED) is 0.770. The molecule has 0 unspecified atom stereocenters. The number of aliphatic hydroxyl groups is 1. The molecule has 0 saturated carbocycles. The van der Waals surface area contributed by atoms with Gasteiger partial charge in [-0.05, 0) is 24.3 Å². The van der Waals surface area contributed by atoms with Crippen molar-refractivity contribution in [1.29, 1.82) is 5.26 Å². The fourth-order valence-electron chi connectivity index (χ4n) is 1.73. The summed E-state index contributed by atoms with van der Waals surface area (Å²) < 4.78 is 48.8. The van der Waals surface area contributed by atoms with Crippen LogP contribution in [0.25, 0.3) is 0 Å². The van der Waals surface area contributed by atoms with Crippen LogP contribution < -0.4 is 0 Å². The highest BCUT2D eigenvalue weighted by Crippen LogP contribution is 2.12. The molecule has 0 fully saturated rings. The first-order valence-electron chi connectivity index (χ1n) is 6.23. The van der Waals surface area contributed by atoms with Crippen LogP contribution in [0.5, 0.6) is 0 Å². The predicted octanol–water partition coefficient (Wildman–Crippen LogP) is 0.891. The van der Waals surface area contributed by atoms with Crippen molar-refractivity contribution in [2.24, 2.45) is 0 Å². The van der Waals surface area contributed by atoms with Crippen LogP contribution >= 0.6 is 0 Å². The normalized spacial score (nSPS) is 11.8. The Kier molecular flexibility index (Phi) is 6.68. The van der Waals surface area contributed by atoms with Crippen LogP contribution in [0.4, 0.5) is 8.78 Å². The Morgan fingerprint density at radius 3 is 2.33 bits per heavy atom. The minimum atomic E-state index is -3.61. The minimum absolute atomic E-state index is 0.00672. The second-order valence-corrected chi connectivity index (χ2v) is 6.48. The number of alkyl halides is 2. The van der Waals surface area contributed by atoms with Gasteiger partial charge in [-0.1, -0.05) is 0 Å². The molecule has 0 aliphatic rings. The molecule has 0 bridgehead atoms. The molecule has 0 heterocycles. The third-order valence-corrected chi connectivity index (χ3v) is 4.54. The zero-order chi connectivity index (χ0) is 15.9. The Labute approximate surface area is 122 Å². The molecule has 0 saturated heterocycles. The highest BCUT2D eigenvalue weighted by molar-refractivity contribution is 7.91. The summed E-state index contributed by atoms with van der Waals surface area (Å²) in [5.41, 5.74) is 0.341. The number of nitrogens with zero attached hydrogens (tertiary/aromatic N) is 2. The summed E-state index contributed by atoms with van der Waals surface area (Å²) >= 11 is 0. The number of nitriles is 1. The first-order chi connectivity index (χ1) is 9.89. The lowest BCUT2D eigenvalue weighted by Crippen LogP contribution is -2.35. The van der Waals surface area contributed by atoms with Gasteiger partial charge in [0.25, 0.3) is 6.43 Å². The van der Waals surface area contributed by atoms with Gasteiger partial charge in [0.2, 0.25) is 0 Å². The molecule has 0 aliphatic heterocycles. The van der Waals surface area contributed by atoms with Gasteiger partial charge in [0.05, 0.1) is 35.4 Å². The molecule has 0 radical (unpaired) electrons. The largest absolute Gasteiger partial charge is 0.395 e. The van der Waals surface area contributed by atoms with E-state index in [-0.39, 0.29) is 30.3 Å². The zero-order valence-corrected chi connectivity index (χ0v) is 12.1. The Bertz CT molecular complexity index is 582. The van der Waals surface area contributed by atoms with E-state index in [1.807, 2.05) is 6.07 Å². The smallest absolute Gasteiger partial charge is 0.251 e. The molecule has 1 rings (SSSR count). The van der Waals surface area contributed by atoms with E-state index in [2.05, 4.69) is 0 Å². The first-order valence-corrected chi connectivity index (χ1v) is 7.88. The molecule has 8 heteroatoms. The van der Waals surface area contributed by atoms with Gasteiger partial charge in [0, 0.05) is 13.1 Å². The lowest BCUT2D eigenvalue weighted by Gasteiger charge is -2.20. The average molecular weight is 318 g/mol. The second kappa shape index (κ2) is 8.02. The van der Waals surface area contributed by atoms with Gasteiger partial charge in [0.1, 0.15) is 0 Å². The number of hydrogen-bond donors (Lipinski definition) is 1. The molecule has 1 N–H and O–H groups in total. The van der Waals surface area contributed by atoms with Crippen LogP contribution in [0.1, 0.15) is 5.56 Å². The van der Waals surface area contributed by atoms with Crippen LogP contribution in [-0.2, 0) is 9.84 Å². The number of aliphatic hydroxyl groups excluding tert-OH is 1. The van der Waals surface area contributed by atoms with Crippen molar-refractivity contribution in [1.82, 2.24) is 4.90 Å². The van der Waals surface area contributed by atoms with Crippen LogP contribution in [0.15, 0.2) is 29.2 Å². The van der Waals surface area contributed by atoms with E-state index in [9.17, 15) is 17.2 Å². The summed E-state index contributed by atoms with van der Waals surface area (Å²) in [5, 5.41) is 17.4.